The monoisotopic (exact) mass is 419 g/mol. The highest BCUT2D eigenvalue weighted by atomic mass is 16.5. The normalized spacial score (nSPS) is 18.1. The Morgan fingerprint density at radius 3 is 2.70 bits per heavy atom. The van der Waals surface area contributed by atoms with Gasteiger partial charge in [-0.15, -0.1) is 0 Å². The molecule has 30 heavy (non-hydrogen) atoms. The van der Waals surface area contributed by atoms with Crippen LogP contribution in [0, 0.1) is 5.92 Å². The van der Waals surface area contributed by atoms with E-state index in [0.717, 1.165) is 64.1 Å². The van der Waals surface area contributed by atoms with Crippen molar-refractivity contribution in [1.82, 2.24) is 20.4 Å². The summed E-state index contributed by atoms with van der Waals surface area (Å²) in [6.07, 6.45) is 1.22. The molecular formula is C23H41N5O2. The number of benzene rings is 1. The maximum Gasteiger partial charge on any atom is 0.191 e. The third kappa shape index (κ3) is 9.78. The van der Waals surface area contributed by atoms with Gasteiger partial charge in [-0.25, -0.2) is 0 Å². The Bertz CT molecular complexity index is 619. The van der Waals surface area contributed by atoms with Gasteiger partial charge in [-0.05, 0) is 44.1 Å². The van der Waals surface area contributed by atoms with Crippen molar-refractivity contribution >= 4 is 5.96 Å². The fourth-order valence-corrected chi connectivity index (χ4v) is 3.48. The molecule has 2 rings (SSSR count). The van der Waals surface area contributed by atoms with E-state index in [4.69, 9.17) is 9.47 Å². The van der Waals surface area contributed by atoms with Crippen LogP contribution in [0.3, 0.4) is 0 Å². The highest BCUT2D eigenvalue weighted by Gasteiger charge is 2.21. The predicted molar refractivity (Wildman–Crippen MR) is 124 cm³/mol. The van der Waals surface area contributed by atoms with Crippen molar-refractivity contribution in [2.24, 2.45) is 10.9 Å². The molecule has 1 saturated heterocycles. The summed E-state index contributed by atoms with van der Waals surface area (Å²) < 4.78 is 11.7. The molecule has 1 aromatic carbocycles. The number of morpholine rings is 1. The van der Waals surface area contributed by atoms with Crippen molar-refractivity contribution in [1.29, 1.82) is 0 Å². The lowest BCUT2D eigenvalue weighted by Crippen LogP contribution is -2.50. The van der Waals surface area contributed by atoms with Gasteiger partial charge in [0.25, 0.3) is 0 Å². The maximum absolute atomic E-state index is 5.91. The van der Waals surface area contributed by atoms with E-state index in [1.54, 1.807) is 7.05 Å². The van der Waals surface area contributed by atoms with Gasteiger partial charge in [0.2, 0.25) is 0 Å². The van der Waals surface area contributed by atoms with Crippen LogP contribution >= 0.6 is 0 Å². The standard InChI is InChI=1S/C23H41N5O2/c1-19(2)17-28-12-14-30-22(18-28)16-26-23(24-3)25-15-20-7-9-21(10-8-20)29-13-6-11-27(4)5/h7-10,19,22H,6,11-18H2,1-5H3,(H2,24,25,26). The van der Waals surface area contributed by atoms with Crippen LogP contribution in [0.15, 0.2) is 29.3 Å². The molecule has 1 fully saturated rings. The average Bonchev–Trinajstić information content (AvgIpc) is 2.72. The zero-order valence-electron chi connectivity index (χ0n) is 19.5. The molecule has 1 heterocycles. The Balaban J connectivity index is 1.68. The predicted octanol–water partition coefficient (Wildman–Crippen LogP) is 2.04. The summed E-state index contributed by atoms with van der Waals surface area (Å²) in [5.41, 5.74) is 1.19. The number of ether oxygens (including phenoxy) is 2. The van der Waals surface area contributed by atoms with Gasteiger partial charge in [-0.2, -0.15) is 0 Å². The number of nitrogens with zero attached hydrogens (tertiary/aromatic N) is 3. The molecule has 1 aromatic rings. The van der Waals surface area contributed by atoms with Crippen LogP contribution in [-0.2, 0) is 11.3 Å². The largest absolute Gasteiger partial charge is 0.494 e. The maximum atomic E-state index is 5.91. The minimum absolute atomic E-state index is 0.194. The summed E-state index contributed by atoms with van der Waals surface area (Å²) in [6.45, 7) is 11.7. The van der Waals surface area contributed by atoms with E-state index in [9.17, 15) is 0 Å². The van der Waals surface area contributed by atoms with E-state index < -0.39 is 0 Å². The SMILES string of the molecule is CN=C(NCc1ccc(OCCCN(C)C)cc1)NCC1CN(CC(C)C)CCO1. The molecule has 0 bridgehead atoms. The number of guanidine groups is 1. The van der Waals surface area contributed by atoms with Crippen molar-refractivity contribution in [3.8, 4) is 5.75 Å². The number of aliphatic imine (C=N–C) groups is 1. The summed E-state index contributed by atoms with van der Waals surface area (Å²) in [7, 11) is 5.95. The second-order valence-electron chi connectivity index (χ2n) is 8.60. The van der Waals surface area contributed by atoms with Gasteiger partial charge in [-0.3, -0.25) is 9.89 Å². The third-order valence-electron chi connectivity index (χ3n) is 4.97. The molecule has 1 unspecified atom stereocenters. The molecule has 7 nitrogen and oxygen atoms in total. The number of hydrogen-bond donors (Lipinski definition) is 2. The van der Waals surface area contributed by atoms with Crippen molar-refractivity contribution < 1.29 is 9.47 Å². The van der Waals surface area contributed by atoms with Crippen LogP contribution in [0.4, 0.5) is 0 Å². The first-order chi connectivity index (χ1) is 14.5. The minimum Gasteiger partial charge on any atom is -0.494 e. The lowest BCUT2D eigenvalue weighted by atomic mass is 10.2. The van der Waals surface area contributed by atoms with E-state index in [-0.39, 0.29) is 6.10 Å². The Morgan fingerprint density at radius 2 is 2.03 bits per heavy atom. The molecule has 0 aromatic heterocycles. The second-order valence-corrected chi connectivity index (χ2v) is 8.60. The van der Waals surface area contributed by atoms with Gasteiger partial charge in [-0.1, -0.05) is 26.0 Å². The molecule has 1 aliphatic heterocycles. The topological polar surface area (TPSA) is 61.4 Å². The molecule has 0 radical (unpaired) electrons. The molecule has 0 aliphatic carbocycles. The molecular weight excluding hydrogens is 378 g/mol. The van der Waals surface area contributed by atoms with E-state index in [1.807, 2.05) is 12.1 Å². The summed E-state index contributed by atoms with van der Waals surface area (Å²) in [5.74, 6) is 2.39. The fourth-order valence-electron chi connectivity index (χ4n) is 3.48. The van der Waals surface area contributed by atoms with Gasteiger partial charge in [0.05, 0.1) is 19.3 Å². The average molecular weight is 420 g/mol. The van der Waals surface area contributed by atoms with Crippen LogP contribution < -0.4 is 15.4 Å². The van der Waals surface area contributed by atoms with Crippen molar-refractivity contribution in [3.63, 3.8) is 0 Å². The van der Waals surface area contributed by atoms with E-state index >= 15 is 0 Å². The summed E-state index contributed by atoms with van der Waals surface area (Å²) in [6, 6.07) is 8.25. The lowest BCUT2D eigenvalue weighted by Gasteiger charge is -2.34. The first kappa shape index (κ1) is 24.4. The Morgan fingerprint density at radius 1 is 1.27 bits per heavy atom. The molecule has 0 saturated carbocycles. The first-order valence-corrected chi connectivity index (χ1v) is 11.1. The number of nitrogens with one attached hydrogen (secondary N) is 2. The highest BCUT2D eigenvalue weighted by molar-refractivity contribution is 5.79. The third-order valence-corrected chi connectivity index (χ3v) is 4.97. The molecule has 1 aliphatic rings. The van der Waals surface area contributed by atoms with Crippen LogP contribution in [0.1, 0.15) is 25.8 Å². The highest BCUT2D eigenvalue weighted by Crippen LogP contribution is 2.12. The van der Waals surface area contributed by atoms with Gasteiger partial charge in [0, 0.05) is 46.3 Å². The van der Waals surface area contributed by atoms with Crippen LogP contribution in [-0.4, -0.2) is 88.9 Å². The second kappa shape index (κ2) is 13.5. The van der Waals surface area contributed by atoms with Crippen LogP contribution in [0.5, 0.6) is 5.75 Å². The number of rotatable bonds is 11. The smallest absolute Gasteiger partial charge is 0.191 e. The van der Waals surface area contributed by atoms with E-state index in [2.05, 4.69) is 65.5 Å². The molecule has 2 N–H and O–H groups in total. The Kier molecular flexibility index (Phi) is 11.0. The lowest BCUT2D eigenvalue weighted by molar-refractivity contribution is -0.0284. The summed E-state index contributed by atoms with van der Waals surface area (Å²) in [5, 5.41) is 6.77. The van der Waals surface area contributed by atoms with Gasteiger partial charge in [0.15, 0.2) is 5.96 Å². The Hall–Kier alpha value is -1.83. The Labute approximate surface area is 182 Å². The summed E-state index contributed by atoms with van der Waals surface area (Å²) >= 11 is 0. The molecule has 0 amide bonds. The van der Waals surface area contributed by atoms with Crippen molar-refractivity contribution in [3.05, 3.63) is 29.8 Å². The zero-order valence-corrected chi connectivity index (χ0v) is 19.5. The molecule has 1 atom stereocenters. The van der Waals surface area contributed by atoms with Crippen LogP contribution in [0.25, 0.3) is 0 Å². The summed E-state index contributed by atoms with van der Waals surface area (Å²) in [4.78, 5) is 8.99. The minimum atomic E-state index is 0.194. The van der Waals surface area contributed by atoms with Gasteiger partial charge < -0.3 is 25.0 Å². The fraction of sp³-hybridized carbons (Fsp3) is 0.696. The van der Waals surface area contributed by atoms with Crippen molar-refractivity contribution in [2.75, 3.05) is 67.1 Å². The van der Waals surface area contributed by atoms with Gasteiger partial charge >= 0.3 is 0 Å². The molecule has 7 heteroatoms. The quantitative estimate of drug-likeness (QED) is 0.325. The first-order valence-electron chi connectivity index (χ1n) is 11.1. The molecule has 0 spiro atoms. The van der Waals surface area contributed by atoms with Crippen LogP contribution in [0.2, 0.25) is 0 Å². The van der Waals surface area contributed by atoms with Crippen molar-refractivity contribution in [2.45, 2.75) is 32.9 Å². The molecule has 170 valence electrons. The number of hydrogen-bond acceptors (Lipinski definition) is 5. The van der Waals surface area contributed by atoms with E-state index in [1.165, 1.54) is 5.56 Å². The van der Waals surface area contributed by atoms with Gasteiger partial charge in [0.1, 0.15) is 5.75 Å². The zero-order chi connectivity index (χ0) is 21.8. The van der Waals surface area contributed by atoms with E-state index in [0.29, 0.717) is 12.5 Å².